The highest BCUT2D eigenvalue weighted by molar-refractivity contribution is 5.94. The van der Waals surface area contributed by atoms with Gasteiger partial charge in [0.15, 0.2) is 0 Å². The van der Waals surface area contributed by atoms with Gasteiger partial charge in [-0.1, -0.05) is 12.1 Å². The maximum absolute atomic E-state index is 12.7. The summed E-state index contributed by atoms with van der Waals surface area (Å²) in [4.78, 5) is 18.5. The molecule has 2 aromatic heterocycles. The lowest BCUT2D eigenvalue weighted by atomic mass is 10.00. The van der Waals surface area contributed by atoms with Crippen LogP contribution in [0.15, 0.2) is 24.7 Å². The van der Waals surface area contributed by atoms with Crippen molar-refractivity contribution in [3.8, 4) is 0 Å². The van der Waals surface area contributed by atoms with Crippen LogP contribution >= 0.6 is 0 Å². The fourth-order valence-corrected chi connectivity index (χ4v) is 2.90. The Morgan fingerprint density at radius 2 is 2.21 bits per heavy atom. The van der Waals surface area contributed by atoms with Crippen LogP contribution < -0.4 is 0 Å². The third kappa shape index (κ3) is 3.03. The Labute approximate surface area is 141 Å². The van der Waals surface area contributed by atoms with Gasteiger partial charge in [-0.25, -0.2) is 4.68 Å². The normalized spacial score (nSPS) is 20.8. The number of β-amino-alcohol motifs (C(OH)–C–C–N with tert-alkyl or cyclic N) is 1. The second-order valence-corrected chi connectivity index (χ2v) is 6.62. The molecule has 1 aliphatic rings. The monoisotopic (exact) mass is 329 g/mol. The Bertz CT molecular complexity index is 742. The summed E-state index contributed by atoms with van der Waals surface area (Å²) in [6.45, 7) is 6.73. The average molecular weight is 329 g/mol. The zero-order valence-electron chi connectivity index (χ0n) is 14.3. The highest BCUT2D eigenvalue weighted by atomic mass is 16.3. The van der Waals surface area contributed by atoms with Gasteiger partial charge in [0.1, 0.15) is 11.3 Å². The van der Waals surface area contributed by atoms with Crippen molar-refractivity contribution in [1.82, 2.24) is 24.9 Å². The van der Waals surface area contributed by atoms with E-state index < -0.39 is 5.60 Å². The summed E-state index contributed by atoms with van der Waals surface area (Å²) in [5, 5.41) is 19.0. The van der Waals surface area contributed by atoms with Gasteiger partial charge in [0.25, 0.3) is 5.91 Å². The molecular weight excluding hydrogens is 306 g/mol. The van der Waals surface area contributed by atoms with Crippen molar-refractivity contribution in [3.05, 3.63) is 41.5 Å². The molecule has 1 amide bonds. The van der Waals surface area contributed by atoms with E-state index >= 15 is 0 Å². The topological polar surface area (TPSA) is 84.1 Å². The van der Waals surface area contributed by atoms with Gasteiger partial charge in [0.2, 0.25) is 0 Å². The maximum atomic E-state index is 12.7. The number of likely N-dealkylation sites (tertiary alicyclic amines) is 1. The minimum absolute atomic E-state index is 0.107. The number of aliphatic hydroxyl groups is 1. The van der Waals surface area contributed by atoms with Crippen LogP contribution in [-0.2, 0) is 12.0 Å². The molecule has 2 aromatic rings. The van der Waals surface area contributed by atoms with Crippen LogP contribution in [0.3, 0.4) is 0 Å². The number of carbonyl (C=O) groups is 1. The summed E-state index contributed by atoms with van der Waals surface area (Å²) < 4.78 is 1.71. The molecule has 3 heterocycles. The molecule has 0 saturated carbocycles. The smallest absolute Gasteiger partial charge is 0.255 e. The Balaban J connectivity index is 1.77. The number of hydrogen-bond donors (Lipinski definition) is 1. The number of carbonyl (C=O) groups excluding carboxylic acids is 1. The molecule has 1 fully saturated rings. The molecule has 7 nitrogen and oxygen atoms in total. The Morgan fingerprint density at radius 1 is 1.42 bits per heavy atom. The van der Waals surface area contributed by atoms with Crippen molar-refractivity contribution >= 4 is 5.91 Å². The number of pyridine rings is 1. The van der Waals surface area contributed by atoms with Gasteiger partial charge in [0.05, 0.1) is 18.3 Å². The van der Waals surface area contributed by atoms with Crippen LogP contribution in [0.5, 0.6) is 0 Å². The molecule has 7 heteroatoms. The van der Waals surface area contributed by atoms with E-state index in [1.54, 1.807) is 28.2 Å². The molecule has 0 bridgehead atoms. The van der Waals surface area contributed by atoms with Gasteiger partial charge >= 0.3 is 0 Å². The summed E-state index contributed by atoms with van der Waals surface area (Å²) in [6, 6.07) is 2.04. The largest absolute Gasteiger partial charge is 0.381 e. The van der Waals surface area contributed by atoms with Gasteiger partial charge < -0.3 is 10.0 Å². The summed E-state index contributed by atoms with van der Waals surface area (Å²) >= 11 is 0. The van der Waals surface area contributed by atoms with Crippen molar-refractivity contribution < 1.29 is 9.90 Å². The number of amides is 1. The quantitative estimate of drug-likeness (QED) is 0.920. The molecule has 24 heavy (non-hydrogen) atoms. The van der Waals surface area contributed by atoms with Crippen LogP contribution in [0.2, 0.25) is 0 Å². The standard InChI is InChI=1S/C17H23N5O2/c1-4-13-7-14(9-18-8-13)16(23)21-6-5-17(24,11-21)15-10-22(12(2)3)20-19-15/h7-10,12,24H,4-6,11H2,1-3H3. The van der Waals surface area contributed by atoms with Crippen LogP contribution in [0.25, 0.3) is 0 Å². The predicted molar refractivity (Wildman–Crippen MR) is 88.4 cm³/mol. The Kier molecular flexibility index (Phi) is 4.36. The fraction of sp³-hybridized carbons (Fsp3) is 0.529. The van der Waals surface area contributed by atoms with Crippen molar-refractivity contribution in [2.75, 3.05) is 13.1 Å². The van der Waals surface area contributed by atoms with E-state index in [0.717, 1.165) is 12.0 Å². The minimum atomic E-state index is -1.14. The van der Waals surface area contributed by atoms with Crippen molar-refractivity contribution in [3.63, 3.8) is 0 Å². The summed E-state index contributed by atoms with van der Waals surface area (Å²) in [7, 11) is 0. The number of aromatic nitrogens is 4. The second kappa shape index (κ2) is 6.32. The van der Waals surface area contributed by atoms with Crippen LogP contribution in [0.4, 0.5) is 0 Å². The molecule has 0 radical (unpaired) electrons. The zero-order chi connectivity index (χ0) is 17.3. The predicted octanol–water partition coefficient (Wildman–Crippen LogP) is 1.55. The van der Waals surface area contributed by atoms with E-state index in [9.17, 15) is 9.90 Å². The van der Waals surface area contributed by atoms with Crippen molar-refractivity contribution in [2.24, 2.45) is 0 Å². The lowest BCUT2D eigenvalue weighted by Crippen LogP contribution is -2.34. The molecule has 128 valence electrons. The third-order valence-electron chi connectivity index (χ3n) is 4.50. The summed E-state index contributed by atoms with van der Waals surface area (Å²) in [5.74, 6) is -0.107. The number of rotatable bonds is 4. The Hall–Kier alpha value is -2.28. The second-order valence-electron chi connectivity index (χ2n) is 6.62. The van der Waals surface area contributed by atoms with Gasteiger partial charge in [-0.15, -0.1) is 5.10 Å². The third-order valence-corrected chi connectivity index (χ3v) is 4.50. The molecule has 1 N–H and O–H groups in total. The average Bonchev–Trinajstić information content (AvgIpc) is 3.22. The minimum Gasteiger partial charge on any atom is -0.381 e. The van der Waals surface area contributed by atoms with Gasteiger partial charge in [-0.2, -0.15) is 0 Å². The van der Waals surface area contributed by atoms with Crippen LogP contribution in [0.1, 0.15) is 54.8 Å². The molecular formula is C17H23N5O2. The molecule has 0 aliphatic carbocycles. The molecule has 1 atom stereocenters. The highest BCUT2D eigenvalue weighted by Crippen LogP contribution is 2.31. The molecule has 1 saturated heterocycles. The van der Waals surface area contributed by atoms with E-state index in [1.165, 1.54) is 0 Å². The van der Waals surface area contributed by atoms with Crippen LogP contribution in [0, 0.1) is 0 Å². The first-order valence-electron chi connectivity index (χ1n) is 8.31. The van der Waals surface area contributed by atoms with E-state index in [0.29, 0.717) is 24.2 Å². The van der Waals surface area contributed by atoms with Gasteiger partial charge in [-0.05, 0) is 31.9 Å². The van der Waals surface area contributed by atoms with Gasteiger partial charge in [-0.3, -0.25) is 9.78 Å². The SMILES string of the molecule is CCc1cncc(C(=O)N2CCC(O)(c3cn(C(C)C)nn3)C2)c1. The zero-order valence-corrected chi connectivity index (χ0v) is 14.3. The van der Waals surface area contributed by atoms with Crippen molar-refractivity contribution in [1.29, 1.82) is 0 Å². The lowest BCUT2D eigenvalue weighted by Gasteiger charge is -2.21. The Morgan fingerprint density at radius 3 is 2.88 bits per heavy atom. The van der Waals surface area contributed by atoms with E-state index in [1.807, 2.05) is 26.8 Å². The first kappa shape index (κ1) is 16.6. The number of nitrogens with zero attached hydrogens (tertiary/aromatic N) is 5. The molecule has 3 rings (SSSR count). The maximum Gasteiger partial charge on any atom is 0.255 e. The molecule has 0 aromatic carbocycles. The summed E-state index contributed by atoms with van der Waals surface area (Å²) in [5.41, 5.74) is 0.963. The van der Waals surface area contributed by atoms with E-state index in [-0.39, 0.29) is 18.5 Å². The molecule has 0 spiro atoms. The van der Waals surface area contributed by atoms with Crippen LogP contribution in [-0.4, -0.2) is 49.0 Å². The van der Waals surface area contributed by atoms with Crippen molar-refractivity contribution in [2.45, 2.75) is 45.3 Å². The van der Waals surface area contributed by atoms with E-state index in [2.05, 4.69) is 15.3 Å². The summed E-state index contributed by atoms with van der Waals surface area (Å²) in [6.07, 6.45) is 6.39. The number of hydrogen-bond acceptors (Lipinski definition) is 5. The first-order valence-corrected chi connectivity index (χ1v) is 8.31. The highest BCUT2D eigenvalue weighted by Gasteiger charge is 2.42. The lowest BCUT2D eigenvalue weighted by molar-refractivity contribution is 0.0381. The molecule has 1 aliphatic heterocycles. The van der Waals surface area contributed by atoms with E-state index in [4.69, 9.17) is 0 Å². The fourth-order valence-electron chi connectivity index (χ4n) is 2.90. The first-order chi connectivity index (χ1) is 11.4. The van der Waals surface area contributed by atoms with Gasteiger partial charge in [0, 0.05) is 31.4 Å². The number of aryl methyl sites for hydroxylation is 1. The molecule has 1 unspecified atom stereocenters.